The number of carbonyl (C=O) groups is 1. The standard InChI is InChI=1S/C14H25NOS/c1-2-12-6-4-3-5-9-15(12)13(16)10-14(11-17)7-8-14/h12,17H,2-11H2,1H3. The molecule has 3 heteroatoms. The molecular weight excluding hydrogens is 230 g/mol. The van der Waals surface area contributed by atoms with Gasteiger partial charge in [0.1, 0.15) is 0 Å². The highest BCUT2D eigenvalue weighted by Gasteiger charge is 2.44. The van der Waals surface area contributed by atoms with E-state index in [2.05, 4.69) is 24.5 Å². The number of rotatable bonds is 4. The molecule has 1 unspecified atom stereocenters. The van der Waals surface area contributed by atoms with Crippen LogP contribution in [0.15, 0.2) is 0 Å². The van der Waals surface area contributed by atoms with Crippen molar-refractivity contribution in [1.82, 2.24) is 4.90 Å². The summed E-state index contributed by atoms with van der Waals surface area (Å²) >= 11 is 4.40. The van der Waals surface area contributed by atoms with Gasteiger partial charge in [-0.15, -0.1) is 0 Å². The van der Waals surface area contributed by atoms with Crippen molar-refractivity contribution in [1.29, 1.82) is 0 Å². The third-order valence-corrected chi connectivity index (χ3v) is 5.16. The monoisotopic (exact) mass is 255 g/mol. The number of nitrogens with zero attached hydrogens (tertiary/aromatic N) is 1. The summed E-state index contributed by atoms with van der Waals surface area (Å²) in [6.45, 7) is 3.20. The average Bonchev–Trinajstić information content (AvgIpc) is 3.11. The zero-order valence-corrected chi connectivity index (χ0v) is 11.8. The van der Waals surface area contributed by atoms with Gasteiger partial charge in [0, 0.05) is 19.0 Å². The molecule has 0 aromatic carbocycles. The predicted molar refractivity (Wildman–Crippen MR) is 74.4 cm³/mol. The molecule has 2 fully saturated rings. The fourth-order valence-corrected chi connectivity index (χ4v) is 3.35. The van der Waals surface area contributed by atoms with Gasteiger partial charge in [-0.2, -0.15) is 12.6 Å². The van der Waals surface area contributed by atoms with E-state index in [1.807, 2.05) is 0 Å². The summed E-state index contributed by atoms with van der Waals surface area (Å²) in [6, 6.07) is 0.501. The Balaban J connectivity index is 1.95. The molecule has 2 nitrogen and oxygen atoms in total. The van der Waals surface area contributed by atoms with Crippen molar-refractivity contribution in [3.8, 4) is 0 Å². The van der Waals surface area contributed by atoms with Crippen LogP contribution in [-0.2, 0) is 4.79 Å². The number of carbonyl (C=O) groups excluding carboxylic acids is 1. The number of thiol groups is 1. The van der Waals surface area contributed by atoms with E-state index in [-0.39, 0.29) is 5.41 Å². The van der Waals surface area contributed by atoms with Gasteiger partial charge in [-0.25, -0.2) is 0 Å². The highest BCUT2D eigenvalue weighted by atomic mass is 32.1. The Morgan fingerprint density at radius 3 is 2.71 bits per heavy atom. The quantitative estimate of drug-likeness (QED) is 0.765. The molecule has 1 heterocycles. The van der Waals surface area contributed by atoms with Gasteiger partial charge >= 0.3 is 0 Å². The Hall–Kier alpha value is -0.180. The molecule has 17 heavy (non-hydrogen) atoms. The average molecular weight is 255 g/mol. The topological polar surface area (TPSA) is 20.3 Å². The van der Waals surface area contributed by atoms with Crippen molar-refractivity contribution in [2.75, 3.05) is 12.3 Å². The first-order valence-electron chi connectivity index (χ1n) is 7.11. The molecule has 0 aromatic heterocycles. The lowest BCUT2D eigenvalue weighted by Crippen LogP contribution is -2.40. The fourth-order valence-electron chi connectivity index (χ4n) is 2.92. The van der Waals surface area contributed by atoms with E-state index < -0.39 is 0 Å². The first kappa shape index (κ1) is 13.3. The molecule has 0 radical (unpaired) electrons. The maximum absolute atomic E-state index is 12.4. The SMILES string of the molecule is CCC1CCCCCN1C(=O)CC1(CS)CC1. The second kappa shape index (κ2) is 5.64. The smallest absolute Gasteiger partial charge is 0.223 e. The van der Waals surface area contributed by atoms with Gasteiger partial charge in [0.2, 0.25) is 5.91 Å². The van der Waals surface area contributed by atoms with E-state index in [0.29, 0.717) is 11.9 Å². The Morgan fingerprint density at radius 2 is 2.12 bits per heavy atom. The number of amides is 1. The highest BCUT2D eigenvalue weighted by Crippen LogP contribution is 2.50. The maximum Gasteiger partial charge on any atom is 0.223 e. The molecule has 1 saturated carbocycles. The predicted octanol–water partition coefficient (Wildman–Crippen LogP) is 3.27. The van der Waals surface area contributed by atoms with E-state index in [0.717, 1.165) is 25.1 Å². The Kier molecular flexibility index (Phi) is 4.40. The number of hydrogen-bond donors (Lipinski definition) is 1. The third kappa shape index (κ3) is 3.18. The van der Waals surface area contributed by atoms with Crippen LogP contribution >= 0.6 is 12.6 Å². The minimum atomic E-state index is 0.269. The summed E-state index contributed by atoms with van der Waals surface area (Å²) in [5, 5.41) is 0. The van der Waals surface area contributed by atoms with Crippen molar-refractivity contribution < 1.29 is 4.79 Å². The number of likely N-dealkylation sites (tertiary alicyclic amines) is 1. The first-order chi connectivity index (χ1) is 8.21. The molecule has 1 aliphatic carbocycles. The van der Waals surface area contributed by atoms with Crippen LogP contribution in [-0.4, -0.2) is 29.1 Å². The van der Waals surface area contributed by atoms with Gasteiger partial charge in [0.25, 0.3) is 0 Å². The van der Waals surface area contributed by atoms with Crippen LogP contribution in [0.3, 0.4) is 0 Å². The molecule has 2 rings (SSSR count). The molecule has 0 aromatic rings. The zero-order chi connectivity index (χ0) is 12.3. The molecule has 1 amide bonds. The van der Waals surface area contributed by atoms with Crippen LogP contribution in [0.25, 0.3) is 0 Å². The van der Waals surface area contributed by atoms with Crippen LogP contribution in [0.1, 0.15) is 58.3 Å². The highest BCUT2D eigenvalue weighted by molar-refractivity contribution is 7.80. The summed E-state index contributed by atoms with van der Waals surface area (Å²) in [5.74, 6) is 1.27. The van der Waals surface area contributed by atoms with Gasteiger partial charge in [0.05, 0.1) is 0 Å². The molecule has 0 spiro atoms. The molecule has 0 bridgehead atoms. The van der Waals surface area contributed by atoms with E-state index in [9.17, 15) is 4.79 Å². The van der Waals surface area contributed by atoms with E-state index in [1.54, 1.807) is 0 Å². The summed E-state index contributed by atoms with van der Waals surface area (Å²) < 4.78 is 0. The molecule has 1 aliphatic heterocycles. The summed E-state index contributed by atoms with van der Waals surface area (Å²) in [6.07, 6.45) is 9.23. The first-order valence-corrected chi connectivity index (χ1v) is 7.74. The summed E-state index contributed by atoms with van der Waals surface area (Å²) in [5.41, 5.74) is 0.269. The van der Waals surface area contributed by atoms with Crippen LogP contribution < -0.4 is 0 Å². The van der Waals surface area contributed by atoms with Crippen molar-refractivity contribution in [2.45, 2.75) is 64.3 Å². The molecule has 1 saturated heterocycles. The largest absolute Gasteiger partial charge is 0.340 e. The second-order valence-corrected chi connectivity index (χ2v) is 6.15. The lowest BCUT2D eigenvalue weighted by molar-refractivity contribution is -0.134. The molecule has 98 valence electrons. The Labute approximate surface area is 111 Å². The molecular formula is C14H25NOS. The van der Waals surface area contributed by atoms with Crippen LogP contribution in [0.4, 0.5) is 0 Å². The van der Waals surface area contributed by atoms with Crippen molar-refractivity contribution in [3.05, 3.63) is 0 Å². The van der Waals surface area contributed by atoms with Gasteiger partial charge in [-0.3, -0.25) is 4.79 Å². The molecule has 0 N–H and O–H groups in total. The van der Waals surface area contributed by atoms with E-state index in [4.69, 9.17) is 0 Å². The van der Waals surface area contributed by atoms with E-state index >= 15 is 0 Å². The van der Waals surface area contributed by atoms with Gasteiger partial charge in [0.15, 0.2) is 0 Å². The lowest BCUT2D eigenvalue weighted by atomic mass is 10.0. The Bertz CT molecular complexity index is 275. The number of hydrogen-bond acceptors (Lipinski definition) is 2. The minimum absolute atomic E-state index is 0.269. The van der Waals surface area contributed by atoms with Gasteiger partial charge in [-0.05, 0) is 43.3 Å². The van der Waals surface area contributed by atoms with E-state index in [1.165, 1.54) is 38.5 Å². The van der Waals surface area contributed by atoms with Crippen molar-refractivity contribution in [2.24, 2.45) is 5.41 Å². The maximum atomic E-state index is 12.4. The van der Waals surface area contributed by atoms with Gasteiger partial charge < -0.3 is 4.90 Å². The van der Waals surface area contributed by atoms with Crippen molar-refractivity contribution >= 4 is 18.5 Å². The lowest BCUT2D eigenvalue weighted by Gasteiger charge is -2.30. The van der Waals surface area contributed by atoms with Gasteiger partial charge in [-0.1, -0.05) is 19.8 Å². The second-order valence-electron chi connectivity index (χ2n) is 5.83. The molecule has 2 aliphatic rings. The normalized spacial score (nSPS) is 27.6. The fraction of sp³-hybridized carbons (Fsp3) is 0.929. The van der Waals surface area contributed by atoms with Crippen LogP contribution in [0.5, 0.6) is 0 Å². The zero-order valence-electron chi connectivity index (χ0n) is 11.0. The summed E-state index contributed by atoms with van der Waals surface area (Å²) in [7, 11) is 0. The van der Waals surface area contributed by atoms with Crippen LogP contribution in [0, 0.1) is 5.41 Å². The third-order valence-electron chi connectivity index (χ3n) is 4.49. The van der Waals surface area contributed by atoms with Crippen LogP contribution in [0.2, 0.25) is 0 Å². The minimum Gasteiger partial charge on any atom is -0.340 e. The van der Waals surface area contributed by atoms with Crippen molar-refractivity contribution in [3.63, 3.8) is 0 Å². The Morgan fingerprint density at radius 1 is 1.35 bits per heavy atom. The summed E-state index contributed by atoms with van der Waals surface area (Å²) in [4.78, 5) is 14.6. The molecule has 1 atom stereocenters.